The van der Waals surface area contributed by atoms with Gasteiger partial charge in [0.15, 0.2) is 0 Å². The summed E-state index contributed by atoms with van der Waals surface area (Å²) >= 11 is 3.43. The summed E-state index contributed by atoms with van der Waals surface area (Å²) in [4.78, 5) is 4.30. The van der Waals surface area contributed by atoms with Gasteiger partial charge in [0.1, 0.15) is 5.82 Å². The fourth-order valence-electron chi connectivity index (χ4n) is 1.40. The molecule has 1 aromatic rings. The summed E-state index contributed by atoms with van der Waals surface area (Å²) in [7, 11) is 0. The average molecular weight is 286 g/mol. The monoisotopic (exact) mass is 285 g/mol. The van der Waals surface area contributed by atoms with Crippen LogP contribution in [0.4, 0.5) is 5.82 Å². The van der Waals surface area contributed by atoms with Crippen LogP contribution in [0.5, 0.6) is 0 Å². The van der Waals surface area contributed by atoms with Gasteiger partial charge in [0.05, 0.1) is 0 Å². The first-order valence-corrected chi connectivity index (χ1v) is 6.45. The Hall–Kier alpha value is -0.610. The summed E-state index contributed by atoms with van der Waals surface area (Å²) in [5.74, 6) is 0.887. The van der Waals surface area contributed by atoms with Crippen LogP contribution in [0.2, 0.25) is 0 Å². The van der Waals surface area contributed by atoms with Crippen molar-refractivity contribution in [1.82, 2.24) is 4.98 Å². The van der Waals surface area contributed by atoms with Crippen LogP contribution >= 0.6 is 15.9 Å². The number of nitrogens with zero attached hydrogens (tertiary/aromatic N) is 1. The highest BCUT2D eigenvalue weighted by Gasteiger charge is 2.19. The molecule has 0 bridgehead atoms. The standard InChI is InChI=1S/C12H20BrN3/c1-4-12(14,5-2)8-16-11-6-9(3)10(13)7-15-11/h6-7H,4-5,8,14H2,1-3H3,(H,15,16). The minimum atomic E-state index is -0.136. The minimum absolute atomic E-state index is 0.136. The molecular formula is C12H20BrN3. The lowest BCUT2D eigenvalue weighted by Gasteiger charge is -2.27. The van der Waals surface area contributed by atoms with Gasteiger partial charge in [-0.3, -0.25) is 0 Å². The van der Waals surface area contributed by atoms with Crippen molar-refractivity contribution in [3.63, 3.8) is 0 Å². The molecule has 0 unspecified atom stereocenters. The Labute approximate surface area is 106 Å². The fourth-order valence-corrected chi connectivity index (χ4v) is 1.62. The highest BCUT2D eigenvalue weighted by Crippen LogP contribution is 2.18. The summed E-state index contributed by atoms with van der Waals surface area (Å²) in [6.07, 6.45) is 3.74. The van der Waals surface area contributed by atoms with E-state index in [-0.39, 0.29) is 5.54 Å². The van der Waals surface area contributed by atoms with Gasteiger partial charge in [-0.2, -0.15) is 0 Å². The number of hydrogen-bond donors (Lipinski definition) is 2. The lowest BCUT2D eigenvalue weighted by Crippen LogP contribution is -2.45. The molecular weight excluding hydrogens is 266 g/mol. The zero-order valence-electron chi connectivity index (χ0n) is 10.2. The van der Waals surface area contributed by atoms with Crippen LogP contribution in [0.1, 0.15) is 32.3 Å². The van der Waals surface area contributed by atoms with Crippen molar-refractivity contribution >= 4 is 21.7 Å². The maximum absolute atomic E-state index is 6.21. The zero-order chi connectivity index (χ0) is 12.2. The maximum Gasteiger partial charge on any atom is 0.126 e. The van der Waals surface area contributed by atoms with E-state index in [1.165, 1.54) is 5.56 Å². The number of hydrogen-bond acceptors (Lipinski definition) is 3. The molecule has 0 aromatic carbocycles. The summed E-state index contributed by atoms with van der Waals surface area (Å²) in [6.45, 7) is 7.04. The smallest absolute Gasteiger partial charge is 0.126 e. The Kier molecular flexibility index (Phi) is 4.74. The first-order valence-electron chi connectivity index (χ1n) is 5.65. The molecule has 0 amide bonds. The van der Waals surface area contributed by atoms with E-state index in [1.54, 1.807) is 0 Å². The number of aromatic nitrogens is 1. The van der Waals surface area contributed by atoms with E-state index < -0.39 is 0 Å². The third-order valence-electron chi connectivity index (χ3n) is 3.08. The van der Waals surface area contributed by atoms with E-state index in [1.807, 2.05) is 19.2 Å². The molecule has 0 spiro atoms. The van der Waals surface area contributed by atoms with Gasteiger partial charge in [-0.05, 0) is 47.3 Å². The topological polar surface area (TPSA) is 50.9 Å². The zero-order valence-corrected chi connectivity index (χ0v) is 11.8. The van der Waals surface area contributed by atoms with Crippen molar-refractivity contribution in [1.29, 1.82) is 0 Å². The third kappa shape index (κ3) is 3.46. The van der Waals surface area contributed by atoms with E-state index in [9.17, 15) is 0 Å². The van der Waals surface area contributed by atoms with Crippen molar-refractivity contribution in [3.8, 4) is 0 Å². The van der Waals surface area contributed by atoms with E-state index in [4.69, 9.17) is 5.73 Å². The van der Waals surface area contributed by atoms with Crippen molar-refractivity contribution in [2.45, 2.75) is 39.2 Å². The van der Waals surface area contributed by atoms with E-state index in [0.29, 0.717) is 0 Å². The Bertz CT molecular complexity index is 348. The van der Waals surface area contributed by atoms with Gasteiger partial charge < -0.3 is 11.1 Å². The second-order valence-corrected chi connectivity index (χ2v) is 5.10. The Morgan fingerprint density at radius 2 is 2.06 bits per heavy atom. The van der Waals surface area contributed by atoms with E-state index in [2.05, 4.69) is 40.1 Å². The number of nitrogens with one attached hydrogen (secondary N) is 1. The van der Waals surface area contributed by atoms with Gasteiger partial charge in [0, 0.05) is 22.8 Å². The predicted molar refractivity (Wildman–Crippen MR) is 72.7 cm³/mol. The largest absolute Gasteiger partial charge is 0.368 e. The van der Waals surface area contributed by atoms with Crippen molar-refractivity contribution in [2.75, 3.05) is 11.9 Å². The molecule has 1 heterocycles. The van der Waals surface area contributed by atoms with Crippen molar-refractivity contribution < 1.29 is 0 Å². The first kappa shape index (κ1) is 13.5. The van der Waals surface area contributed by atoms with Gasteiger partial charge in [-0.1, -0.05) is 13.8 Å². The second kappa shape index (κ2) is 5.64. The number of pyridine rings is 1. The number of anilines is 1. The molecule has 0 saturated heterocycles. The van der Waals surface area contributed by atoms with E-state index in [0.717, 1.165) is 29.7 Å². The quantitative estimate of drug-likeness (QED) is 0.874. The van der Waals surface area contributed by atoms with Crippen molar-refractivity contribution in [2.24, 2.45) is 5.73 Å². The first-order chi connectivity index (χ1) is 7.50. The van der Waals surface area contributed by atoms with Crippen LogP contribution in [0, 0.1) is 6.92 Å². The maximum atomic E-state index is 6.21. The van der Waals surface area contributed by atoms with Crippen LogP contribution < -0.4 is 11.1 Å². The summed E-state index contributed by atoms with van der Waals surface area (Å²) < 4.78 is 1.03. The Morgan fingerprint density at radius 3 is 2.56 bits per heavy atom. The van der Waals surface area contributed by atoms with Crippen LogP contribution in [0.3, 0.4) is 0 Å². The van der Waals surface area contributed by atoms with Crippen LogP contribution in [0.15, 0.2) is 16.7 Å². The van der Waals surface area contributed by atoms with Gasteiger partial charge in [0.2, 0.25) is 0 Å². The molecule has 0 aliphatic rings. The fraction of sp³-hybridized carbons (Fsp3) is 0.583. The molecule has 1 rings (SSSR count). The highest BCUT2D eigenvalue weighted by atomic mass is 79.9. The normalized spacial score (nSPS) is 11.6. The summed E-state index contributed by atoms with van der Waals surface area (Å²) in [5.41, 5.74) is 7.25. The Balaban J connectivity index is 2.64. The number of halogens is 1. The molecule has 0 aliphatic carbocycles. The van der Waals surface area contributed by atoms with E-state index >= 15 is 0 Å². The highest BCUT2D eigenvalue weighted by molar-refractivity contribution is 9.10. The SMILES string of the molecule is CCC(N)(CC)CNc1cc(C)c(Br)cn1. The number of rotatable bonds is 5. The van der Waals surface area contributed by atoms with Crippen LogP contribution in [-0.2, 0) is 0 Å². The summed E-state index contributed by atoms with van der Waals surface area (Å²) in [6, 6.07) is 2.02. The number of aryl methyl sites for hydroxylation is 1. The predicted octanol–water partition coefficient (Wildman–Crippen LogP) is 3.08. The van der Waals surface area contributed by atoms with Crippen LogP contribution in [-0.4, -0.2) is 17.1 Å². The van der Waals surface area contributed by atoms with Gasteiger partial charge in [-0.25, -0.2) is 4.98 Å². The average Bonchev–Trinajstić information content (AvgIpc) is 2.30. The lowest BCUT2D eigenvalue weighted by molar-refractivity contribution is 0.418. The molecule has 4 heteroatoms. The third-order valence-corrected chi connectivity index (χ3v) is 3.91. The van der Waals surface area contributed by atoms with Gasteiger partial charge >= 0.3 is 0 Å². The molecule has 3 nitrogen and oxygen atoms in total. The summed E-state index contributed by atoms with van der Waals surface area (Å²) in [5, 5.41) is 3.30. The molecule has 90 valence electrons. The molecule has 1 aromatic heterocycles. The molecule has 0 fully saturated rings. The molecule has 0 saturated carbocycles. The molecule has 0 radical (unpaired) electrons. The Morgan fingerprint density at radius 1 is 1.44 bits per heavy atom. The lowest BCUT2D eigenvalue weighted by atomic mass is 9.94. The van der Waals surface area contributed by atoms with Gasteiger partial charge in [0.25, 0.3) is 0 Å². The molecule has 3 N–H and O–H groups in total. The molecule has 16 heavy (non-hydrogen) atoms. The van der Waals surface area contributed by atoms with Crippen LogP contribution in [0.25, 0.3) is 0 Å². The van der Waals surface area contributed by atoms with Crippen molar-refractivity contribution in [3.05, 3.63) is 22.3 Å². The molecule has 0 aliphatic heterocycles. The molecule has 0 atom stereocenters. The van der Waals surface area contributed by atoms with Gasteiger partial charge in [-0.15, -0.1) is 0 Å². The minimum Gasteiger partial charge on any atom is -0.368 e. The number of nitrogens with two attached hydrogens (primary N) is 1. The second-order valence-electron chi connectivity index (χ2n) is 4.24.